The van der Waals surface area contributed by atoms with Crippen LogP contribution in [0.5, 0.6) is 0 Å². The van der Waals surface area contributed by atoms with E-state index >= 15 is 0 Å². The number of ether oxygens (including phenoxy) is 2. The molecule has 1 saturated carbocycles. The van der Waals surface area contributed by atoms with Gasteiger partial charge in [-0.2, -0.15) is 0 Å². The lowest BCUT2D eigenvalue weighted by Gasteiger charge is -2.23. The predicted octanol–water partition coefficient (Wildman–Crippen LogP) is 4.24. The summed E-state index contributed by atoms with van der Waals surface area (Å²) in [7, 11) is 1.66. The van der Waals surface area contributed by atoms with Gasteiger partial charge in [0.15, 0.2) is 0 Å². The molecule has 0 spiro atoms. The molecule has 0 heterocycles. The Labute approximate surface area is 169 Å². The molecule has 3 rings (SSSR count). The number of benzene rings is 2. The Kier molecular flexibility index (Phi) is 7.44. The summed E-state index contributed by atoms with van der Waals surface area (Å²) in [5, 5.41) is 0. The van der Waals surface area contributed by atoms with E-state index in [1.165, 1.54) is 5.56 Å². The average Bonchev–Trinajstić information content (AvgIpc) is 3.48. The highest BCUT2D eigenvalue weighted by Gasteiger charge is 2.45. The van der Waals surface area contributed by atoms with Gasteiger partial charge in [0.05, 0.1) is 19.8 Å². The van der Waals surface area contributed by atoms with Crippen LogP contribution in [0.2, 0.25) is 0 Å². The predicted molar refractivity (Wildman–Crippen MR) is 110 cm³/mol. The Hall–Kier alpha value is -1.69. The van der Waals surface area contributed by atoms with Crippen LogP contribution in [-0.2, 0) is 20.8 Å². The molecule has 0 N–H and O–H groups in total. The molecule has 0 aliphatic heterocycles. The van der Waals surface area contributed by atoms with E-state index in [0.29, 0.717) is 38.8 Å². The van der Waals surface area contributed by atoms with Gasteiger partial charge < -0.3 is 14.4 Å². The van der Waals surface area contributed by atoms with Crippen molar-refractivity contribution in [3.63, 3.8) is 0 Å². The van der Waals surface area contributed by atoms with Crippen LogP contribution in [0.25, 0.3) is 0 Å². The van der Waals surface area contributed by atoms with Crippen molar-refractivity contribution >= 4 is 21.8 Å². The van der Waals surface area contributed by atoms with Crippen molar-refractivity contribution in [1.29, 1.82) is 0 Å². The van der Waals surface area contributed by atoms with E-state index in [2.05, 4.69) is 40.2 Å². The highest BCUT2D eigenvalue weighted by Crippen LogP contribution is 2.48. The summed E-state index contributed by atoms with van der Waals surface area (Å²) < 4.78 is 11.7. The number of methoxy groups -OCH3 is 1. The van der Waals surface area contributed by atoms with E-state index in [0.717, 1.165) is 16.5 Å². The average molecular weight is 432 g/mol. The molecule has 1 aliphatic carbocycles. The van der Waals surface area contributed by atoms with Crippen LogP contribution in [0.3, 0.4) is 0 Å². The molecule has 1 amide bonds. The second-order valence-corrected chi connectivity index (χ2v) is 7.77. The molecule has 2 atom stereocenters. The van der Waals surface area contributed by atoms with E-state index in [-0.39, 0.29) is 11.8 Å². The minimum absolute atomic E-state index is 0.0777. The summed E-state index contributed by atoms with van der Waals surface area (Å²) in [5.74, 6) is 0.634. The minimum Gasteiger partial charge on any atom is -0.382 e. The number of carbonyl (C=O) groups is 1. The Bertz CT molecular complexity index is 720. The SMILES string of the molecule is COCCOCCN(Cc1ccccc1)C(=O)[C@H]1C[C@H]1c1ccc(Br)cc1. The lowest BCUT2D eigenvalue weighted by atomic mass is 10.1. The highest BCUT2D eigenvalue weighted by molar-refractivity contribution is 9.10. The van der Waals surface area contributed by atoms with Crippen LogP contribution in [-0.4, -0.2) is 44.3 Å². The maximum atomic E-state index is 13.1. The summed E-state index contributed by atoms with van der Waals surface area (Å²) in [6, 6.07) is 18.4. The number of rotatable bonds is 10. The standard InChI is InChI=1S/C22H26BrNO3/c1-26-13-14-27-12-11-24(16-17-5-3-2-4-6-17)22(25)21-15-20(21)18-7-9-19(23)10-8-18/h2-10,20-21H,11-16H2,1H3/t20-,21-/m0/s1. The molecule has 27 heavy (non-hydrogen) atoms. The first-order valence-corrected chi connectivity index (χ1v) is 10.1. The van der Waals surface area contributed by atoms with Crippen molar-refractivity contribution in [3.05, 3.63) is 70.2 Å². The molecule has 5 heteroatoms. The lowest BCUT2D eigenvalue weighted by Crippen LogP contribution is -2.35. The number of hydrogen-bond acceptors (Lipinski definition) is 3. The van der Waals surface area contributed by atoms with Crippen molar-refractivity contribution in [1.82, 2.24) is 4.90 Å². The molecule has 0 saturated heterocycles. The molecule has 144 valence electrons. The van der Waals surface area contributed by atoms with Crippen LogP contribution < -0.4 is 0 Å². The fraction of sp³-hybridized carbons (Fsp3) is 0.409. The van der Waals surface area contributed by atoms with Gasteiger partial charge in [-0.1, -0.05) is 58.4 Å². The maximum absolute atomic E-state index is 13.1. The zero-order valence-electron chi connectivity index (χ0n) is 15.6. The Morgan fingerprint density at radius 3 is 2.52 bits per heavy atom. The van der Waals surface area contributed by atoms with E-state index in [4.69, 9.17) is 9.47 Å². The van der Waals surface area contributed by atoms with Crippen LogP contribution in [0.15, 0.2) is 59.1 Å². The Morgan fingerprint density at radius 2 is 1.81 bits per heavy atom. The largest absolute Gasteiger partial charge is 0.382 e. The topological polar surface area (TPSA) is 38.8 Å². The molecule has 1 fully saturated rings. The first kappa shape index (κ1) is 20.1. The molecule has 4 nitrogen and oxygen atoms in total. The smallest absolute Gasteiger partial charge is 0.226 e. The summed E-state index contributed by atoms with van der Waals surface area (Å²) in [6.07, 6.45) is 0.927. The van der Waals surface area contributed by atoms with Gasteiger partial charge in [0.1, 0.15) is 0 Å². The zero-order chi connectivity index (χ0) is 19.1. The second kappa shape index (κ2) is 10.0. The molecule has 0 bridgehead atoms. The van der Waals surface area contributed by atoms with Gasteiger partial charge in [-0.25, -0.2) is 0 Å². The van der Waals surface area contributed by atoms with Crippen LogP contribution in [0, 0.1) is 5.92 Å². The van der Waals surface area contributed by atoms with E-state index < -0.39 is 0 Å². The quantitative estimate of drug-likeness (QED) is 0.527. The van der Waals surface area contributed by atoms with Crippen LogP contribution in [0.1, 0.15) is 23.5 Å². The molecule has 0 unspecified atom stereocenters. The van der Waals surface area contributed by atoms with E-state index in [1.54, 1.807) is 7.11 Å². The zero-order valence-corrected chi connectivity index (χ0v) is 17.2. The third kappa shape index (κ3) is 5.89. The van der Waals surface area contributed by atoms with Crippen LogP contribution >= 0.6 is 15.9 Å². The van der Waals surface area contributed by atoms with Crippen LogP contribution in [0.4, 0.5) is 0 Å². The number of hydrogen-bond donors (Lipinski definition) is 0. The summed E-state index contributed by atoms with van der Waals surface area (Å²) >= 11 is 3.47. The number of carbonyl (C=O) groups excluding carboxylic acids is 1. The molecule has 0 aromatic heterocycles. The summed E-state index contributed by atoms with van der Waals surface area (Å²) in [4.78, 5) is 15.1. The molecule has 2 aromatic carbocycles. The Morgan fingerprint density at radius 1 is 1.07 bits per heavy atom. The monoisotopic (exact) mass is 431 g/mol. The second-order valence-electron chi connectivity index (χ2n) is 6.85. The van der Waals surface area contributed by atoms with E-state index in [9.17, 15) is 4.79 Å². The van der Waals surface area contributed by atoms with Crippen molar-refractivity contribution in [2.45, 2.75) is 18.9 Å². The molecule has 0 radical (unpaired) electrons. The van der Waals surface area contributed by atoms with Crippen molar-refractivity contribution in [2.24, 2.45) is 5.92 Å². The molecular weight excluding hydrogens is 406 g/mol. The first-order chi connectivity index (χ1) is 13.2. The van der Waals surface area contributed by atoms with E-state index in [1.807, 2.05) is 35.2 Å². The van der Waals surface area contributed by atoms with Crippen molar-refractivity contribution in [3.8, 4) is 0 Å². The molecule has 1 aliphatic rings. The van der Waals surface area contributed by atoms with Gasteiger partial charge in [0, 0.05) is 30.6 Å². The fourth-order valence-electron chi connectivity index (χ4n) is 3.27. The van der Waals surface area contributed by atoms with Gasteiger partial charge in [-0.15, -0.1) is 0 Å². The minimum atomic E-state index is 0.0777. The van der Waals surface area contributed by atoms with Gasteiger partial charge in [-0.05, 0) is 35.6 Å². The molecular formula is C22H26BrNO3. The third-order valence-corrected chi connectivity index (χ3v) is 5.40. The van der Waals surface area contributed by atoms with Crippen molar-refractivity contribution in [2.75, 3.05) is 33.5 Å². The first-order valence-electron chi connectivity index (χ1n) is 9.34. The number of nitrogens with zero attached hydrogens (tertiary/aromatic N) is 1. The summed E-state index contributed by atoms with van der Waals surface area (Å²) in [5.41, 5.74) is 2.39. The van der Waals surface area contributed by atoms with Gasteiger partial charge in [-0.3, -0.25) is 4.79 Å². The Balaban J connectivity index is 1.60. The molecule has 2 aromatic rings. The summed E-state index contributed by atoms with van der Waals surface area (Å²) in [6.45, 7) is 2.87. The normalized spacial score (nSPS) is 18.3. The highest BCUT2D eigenvalue weighted by atomic mass is 79.9. The lowest BCUT2D eigenvalue weighted by molar-refractivity contribution is -0.134. The maximum Gasteiger partial charge on any atom is 0.226 e. The third-order valence-electron chi connectivity index (χ3n) is 4.87. The van der Waals surface area contributed by atoms with Gasteiger partial charge in [0.2, 0.25) is 5.91 Å². The van der Waals surface area contributed by atoms with Crippen molar-refractivity contribution < 1.29 is 14.3 Å². The number of amides is 1. The van der Waals surface area contributed by atoms with Gasteiger partial charge in [0.25, 0.3) is 0 Å². The van der Waals surface area contributed by atoms with Gasteiger partial charge >= 0.3 is 0 Å². The number of halogens is 1. The fourth-order valence-corrected chi connectivity index (χ4v) is 3.54.